The first-order chi connectivity index (χ1) is 9.06. The zero-order chi connectivity index (χ0) is 13.8. The Bertz CT molecular complexity index is 542. The molecular formula is C13H13ClF2O3. The molecule has 0 aliphatic rings. The Morgan fingerprint density at radius 3 is 2.84 bits per heavy atom. The molecule has 1 unspecified atom stereocenters. The van der Waals surface area contributed by atoms with Gasteiger partial charge in [0.2, 0.25) is 0 Å². The van der Waals surface area contributed by atoms with Gasteiger partial charge in [-0.3, -0.25) is 0 Å². The van der Waals surface area contributed by atoms with E-state index in [1.807, 2.05) is 0 Å². The summed E-state index contributed by atoms with van der Waals surface area (Å²) in [6, 6.07) is 6.80. The Morgan fingerprint density at radius 2 is 2.11 bits per heavy atom. The topological polar surface area (TPSA) is 42.6 Å². The summed E-state index contributed by atoms with van der Waals surface area (Å²) in [5, 5.41) is 11.2. The van der Waals surface area contributed by atoms with Crippen molar-refractivity contribution in [2.45, 2.75) is 19.0 Å². The summed E-state index contributed by atoms with van der Waals surface area (Å²) in [6.45, 7) is -0.578. The Hall–Kier alpha value is -1.17. The van der Waals surface area contributed by atoms with Crippen LogP contribution in [0.1, 0.15) is 18.3 Å². The number of furan rings is 1. The van der Waals surface area contributed by atoms with Crippen LogP contribution in [-0.4, -0.2) is 24.7 Å². The van der Waals surface area contributed by atoms with Gasteiger partial charge in [0, 0.05) is 23.4 Å². The van der Waals surface area contributed by atoms with Crippen LogP contribution in [0.5, 0.6) is 0 Å². The molecule has 0 fully saturated rings. The molecule has 1 aromatic carbocycles. The second-order valence-electron chi connectivity index (χ2n) is 4.10. The maximum Gasteiger partial charge on any atom is 0.261 e. The predicted octanol–water partition coefficient (Wildman–Crippen LogP) is 3.79. The van der Waals surface area contributed by atoms with E-state index in [0.29, 0.717) is 16.4 Å². The van der Waals surface area contributed by atoms with Gasteiger partial charge in [-0.15, -0.1) is 0 Å². The second kappa shape index (κ2) is 6.32. The zero-order valence-electron chi connectivity index (χ0n) is 9.98. The van der Waals surface area contributed by atoms with Crippen LogP contribution in [-0.2, 0) is 4.74 Å². The first-order valence-corrected chi connectivity index (χ1v) is 6.17. The van der Waals surface area contributed by atoms with Crippen molar-refractivity contribution in [3.8, 4) is 0 Å². The average molecular weight is 291 g/mol. The number of fused-ring (bicyclic) bond motifs is 1. The minimum atomic E-state index is -2.49. The van der Waals surface area contributed by atoms with Crippen LogP contribution >= 0.6 is 11.6 Å². The van der Waals surface area contributed by atoms with Crippen molar-refractivity contribution in [1.82, 2.24) is 0 Å². The van der Waals surface area contributed by atoms with Crippen LogP contribution in [0, 0.1) is 0 Å². The molecule has 0 radical (unpaired) electrons. The molecule has 0 spiro atoms. The molecular weight excluding hydrogens is 278 g/mol. The van der Waals surface area contributed by atoms with E-state index in [1.54, 1.807) is 24.3 Å². The van der Waals surface area contributed by atoms with Crippen molar-refractivity contribution < 1.29 is 23.0 Å². The van der Waals surface area contributed by atoms with Gasteiger partial charge in [0.05, 0.1) is 0 Å². The highest BCUT2D eigenvalue weighted by Gasteiger charge is 2.14. The van der Waals surface area contributed by atoms with Crippen LogP contribution in [0.25, 0.3) is 11.0 Å². The molecule has 19 heavy (non-hydrogen) atoms. The predicted molar refractivity (Wildman–Crippen MR) is 67.6 cm³/mol. The van der Waals surface area contributed by atoms with Crippen LogP contribution in [0.15, 0.2) is 28.7 Å². The molecule has 1 aromatic heterocycles. The normalized spacial score (nSPS) is 13.3. The Morgan fingerprint density at radius 1 is 1.32 bits per heavy atom. The molecule has 0 aliphatic carbocycles. The number of alkyl halides is 2. The Kier molecular flexibility index (Phi) is 4.74. The largest absolute Gasteiger partial charge is 0.458 e. The smallest absolute Gasteiger partial charge is 0.261 e. The van der Waals surface area contributed by atoms with Crippen LogP contribution in [0.4, 0.5) is 8.78 Å². The summed E-state index contributed by atoms with van der Waals surface area (Å²) in [5.74, 6) is 0.373. The van der Waals surface area contributed by atoms with Crippen molar-refractivity contribution in [2.24, 2.45) is 0 Å². The van der Waals surface area contributed by atoms with E-state index < -0.39 is 19.1 Å². The van der Waals surface area contributed by atoms with Gasteiger partial charge in [-0.25, -0.2) is 8.78 Å². The Balaban J connectivity index is 1.95. The average Bonchev–Trinajstić information content (AvgIpc) is 2.77. The fourth-order valence-corrected chi connectivity index (χ4v) is 1.89. The standard InChI is InChI=1S/C13H13ClF2O3/c14-9-1-2-11-8(5-9)6-12(19-11)10(17)3-4-18-7-13(15)16/h1-2,5-6,10,13,17H,3-4,7H2. The van der Waals surface area contributed by atoms with E-state index in [0.717, 1.165) is 5.39 Å². The molecule has 0 saturated heterocycles. The molecule has 0 amide bonds. The number of rotatable bonds is 6. The lowest BCUT2D eigenvalue weighted by molar-refractivity contribution is 0.00276. The number of benzene rings is 1. The van der Waals surface area contributed by atoms with Gasteiger partial charge < -0.3 is 14.3 Å². The van der Waals surface area contributed by atoms with Crippen molar-refractivity contribution in [3.05, 3.63) is 35.0 Å². The lowest BCUT2D eigenvalue weighted by Gasteiger charge is -2.07. The Labute approximate surface area is 113 Å². The SMILES string of the molecule is OC(CCOCC(F)F)c1cc2cc(Cl)ccc2o1. The molecule has 3 nitrogen and oxygen atoms in total. The molecule has 0 bridgehead atoms. The number of hydrogen-bond donors (Lipinski definition) is 1. The maximum atomic E-state index is 11.8. The van der Waals surface area contributed by atoms with Crippen LogP contribution in [0.3, 0.4) is 0 Å². The summed E-state index contributed by atoms with van der Waals surface area (Å²) in [5.41, 5.74) is 0.618. The fraction of sp³-hybridized carbons (Fsp3) is 0.385. The second-order valence-corrected chi connectivity index (χ2v) is 4.54. The third kappa shape index (κ3) is 3.89. The van der Waals surface area contributed by atoms with E-state index in [1.165, 1.54) is 0 Å². The molecule has 0 aliphatic heterocycles. The molecule has 2 aromatic rings. The molecule has 1 N–H and O–H groups in total. The lowest BCUT2D eigenvalue weighted by Crippen LogP contribution is -2.08. The number of aliphatic hydroxyl groups excluding tert-OH is 1. The van der Waals surface area contributed by atoms with Gasteiger partial charge >= 0.3 is 0 Å². The molecule has 0 saturated carbocycles. The van der Waals surface area contributed by atoms with Crippen molar-refractivity contribution in [2.75, 3.05) is 13.2 Å². The van der Waals surface area contributed by atoms with Crippen LogP contribution in [0.2, 0.25) is 5.02 Å². The van der Waals surface area contributed by atoms with E-state index in [4.69, 9.17) is 20.8 Å². The minimum Gasteiger partial charge on any atom is -0.458 e. The number of hydrogen-bond acceptors (Lipinski definition) is 3. The van der Waals surface area contributed by atoms with Gasteiger partial charge in [0.1, 0.15) is 24.1 Å². The highest BCUT2D eigenvalue weighted by Crippen LogP contribution is 2.27. The van der Waals surface area contributed by atoms with E-state index in [9.17, 15) is 13.9 Å². The van der Waals surface area contributed by atoms with Crippen LogP contribution < -0.4 is 0 Å². The lowest BCUT2D eigenvalue weighted by atomic mass is 10.2. The molecule has 1 atom stereocenters. The summed E-state index contributed by atoms with van der Waals surface area (Å²) in [4.78, 5) is 0. The summed E-state index contributed by atoms with van der Waals surface area (Å²) in [6.07, 6.45) is -3.19. The first kappa shape index (κ1) is 14.2. The van der Waals surface area contributed by atoms with Gasteiger partial charge in [0.25, 0.3) is 6.43 Å². The monoisotopic (exact) mass is 290 g/mol. The van der Waals surface area contributed by atoms with Crippen molar-refractivity contribution in [1.29, 1.82) is 0 Å². The third-order valence-electron chi connectivity index (χ3n) is 2.61. The molecule has 6 heteroatoms. The quantitative estimate of drug-likeness (QED) is 0.823. The van der Waals surface area contributed by atoms with E-state index in [2.05, 4.69) is 0 Å². The number of halogens is 3. The van der Waals surface area contributed by atoms with E-state index >= 15 is 0 Å². The van der Waals surface area contributed by atoms with E-state index in [-0.39, 0.29) is 13.0 Å². The van der Waals surface area contributed by atoms with Gasteiger partial charge in [0.15, 0.2) is 0 Å². The minimum absolute atomic E-state index is 0.0449. The van der Waals surface area contributed by atoms with Gasteiger partial charge in [-0.1, -0.05) is 11.6 Å². The number of aliphatic hydroxyl groups is 1. The van der Waals surface area contributed by atoms with Crippen molar-refractivity contribution in [3.63, 3.8) is 0 Å². The third-order valence-corrected chi connectivity index (χ3v) is 2.84. The van der Waals surface area contributed by atoms with Crippen molar-refractivity contribution >= 4 is 22.6 Å². The van der Waals surface area contributed by atoms with Gasteiger partial charge in [-0.05, 0) is 24.3 Å². The highest BCUT2D eigenvalue weighted by atomic mass is 35.5. The summed E-state index contributed by atoms with van der Waals surface area (Å²) >= 11 is 5.84. The first-order valence-electron chi connectivity index (χ1n) is 5.79. The van der Waals surface area contributed by atoms with Gasteiger partial charge in [-0.2, -0.15) is 0 Å². The fourth-order valence-electron chi connectivity index (χ4n) is 1.71. The summed E-state index contributed by atoms with van der Waals surface area (Å²) in [7, 11) is 0. The molecule has 2 rings (SSSR count). The molecule has 104 valence electrons. The zero-order valence-corrected chi connectivity index (χ0v) is 10.7. The maximum absolute atomic E-state index is 11.8. The summed E-state index contributed by atoms with van der Waals surface area (Å²) < 4.78 is 33.8. The number of ether oxygens (including phenoxy) is 1. The highest BCUT2D eigenvalue weighted by molar-refractivity contribution is 6.31. The molecule has 1 heterocycles.